The molecule has 1 N–H and O–H groups in total. The highest BCUT2D eigenvalue weighted by Gasteiger charge is 2.08. The Kier molecular flexibility index (Phi) is 3.81. The minimum Gasteiger partial charge on any atom is -0.389 e. The molecule has 2 rings (SSSR count). The van der Waals surface area contributed by atoms with Gasteiger partial charge in [0.05, 0.1) is 11.1 Å². The average molecular weight is 273 g/mol. The third-order valence-electron chi connectivity index (χ3n) is 1.98. The van der Waals surface area contributed by atoms with Crippen molar-refractivity contribution in [2.75, 3.05) is 0 Å². The molecule has 0 fully saturated rings. The van der Waals surface area contributed by atoms with Gasteiger partial charge in [-0.1, -0.05) is 29.4 Å². The summed E-state index contributed by atoms with van der Waals surface area (Å²) in [5.41, 5.74) is 0.812. The summed E-state index contributed by atoms with van der Waals surface area (Å²) in [6.45, 7) is 1.71. The summed E-state index contributed by atoms with van der Waals surface area (Å²) in [6.07, 6.45) is 1.02. The fraction of sp³-hybridized carbons (Fsp3) is 0.200. The van der Waals surface area contributed by atoms with Gasteiger partial charge in [-0.25, -0.2) is 4.98 Å². The number of hydrogen-bond donors (Lipinski definition) is 1. The molecule has 3 nitrogen and oxygen atoms in total. The number of aromatic nitrogens is 2. The van der Waals surface area contributed by atoms with Gasteiger partial charge in [-0.2, -0.15) is 4.37 Å². The third kappa shape index (κ3) is 2.74. The smallest absolute Gasteiger partial charge is 0.174 e. The van der Waals surface area contributed by atoms with Crippen molar-refractivity contribution < 1.29 is 5.11 Å². The standard InChI is InChI=1S/C10H9ClN2OS2/c1-6(14)7-2-3-9(8(11)4-7)15-10-12-5-13-16-10/h2-6,14H,1H3/t6-/m1/s1. The van der Waals surface area contributed by atoms with Crippen LogP contribution >= 0.6 is 34.9 Å². The highest BCUT2D eigenvalue weighted by Crippen LogP contribution is 2.34. The van der Waals surface area contributed by atoms with Gasteiger partial charge in [0.25, 0.3) is 0 Å². The van der Waals surface area contributed by atoms with E-state index in [0.29, 0.717) is 5.02 Å². The van der Waals surface area contributed by atoms with E-state index in [1.54, 1.807) is 13.0 Å². The Labute approximate surface area is 107 Å². The molecule has 84 valence electrons. The van der Waals surface area contributed by atoms with Gasteiger partial charge in [0.1, 0.15) is 6.33 Å². The SMILES string of the molecule is C[C@@H](O)c1ccc(Sc2ncns2)c(Cl)c1. The van der Waals surface area contributed by atoms with E-state index < -0.39 is 6.10 Å². The van der Waals surface area contributed by atoms with Gasteiger partial charge in [0.2, 0.25) is 0 Å². The molecule has 0 unspecified atom stereocenters. The predicted molar refractivity (Wildman–Crippen MR) is 66.1 cm³/mol. The van der Waals surface area contributed by atoms with E-state index in [-0.39, 0.29) is 0 Å². The molecule has 1 atom stereocenters. The third-order valence-corrected chi connectivity index (χ3v) is 4.19. The molecule has 16 heavy (non-hydrogen) atoms. The van der Waals surface area contributed by atoms with Crippen molar-refractivity contribution in [1.29, 1.82) is 0 Å². The first-order valence-corrected chi connectivity index (χ1v) is 6.55. The first kappa shape index (κ1) is 11.9. The summed E-state index contributed by atoms with van der Waals surface area (Å²) in [7, 11) is 0. The minimum atomic E-state index is -0.502. The van der Waals surface area contributed by atoms with Gasteiger partial charge in [-0.15, -0.1) is 0 Å². The van der Waals surface area contributed by atoms with Crippen LogP contribution in [0.2, 0.25) is 5.02 Å². The zero-order valence-electron chi connectivity index (χ0n) is 8.42. The van der Waals surface area contributed by atoms with Crippen LogP contribution in [0.3, 0.4) is 0 Å². The van der Waals surface area contributed by atoms with Crippen LogP contribution in [-0.4, -0.2) is 14.5 Å². The number of halogens is 1. The molecule has 0 aliphatic carbocycles. The van der Waals surface area contributed by atoms with Crippen LogP contribution in [0.25, 0.3) is 0 Å². The Hall–Kier alpha value is -0.620. The largest absolute Gasteiger partial charge is 0.389 e. The fourth-order valence-corrected chi connectivity index (χ4v) is 2.87. The molecule has 0 amide bonds. The molecule has 0 radical (unpaired) electrons. The molecule has 0 bridgehead atoms. The lowest BCUT2D eigenvalue weighted by Gasteiger charge is -2.07. The van der Waals surface area contributed by atoms with Gasteiger partial charge in [0, 0.05) is 4.90 Å². The second-order valence-corrected chi connectivity index (χ2v) is 5.65. The summed E-state index contributed by atoms with van der Waals surface area (Å²) in [6, 6.07) is 5.52. The van der Waals surface area contributed by atoms with Crippen LogP contribution in [-0.2, 0) is 0 Å². The molecule has 2 aromatic rings. The predicted octanol–water partition coefficient (Wildman–Crippen LogP) is 3.40. The summed E-state index contributed by atoms with van der Waals surface area (Å²) in [5, 5.41) is 10.0. The van der Waals surface area contributed by atoms with Gasteiger partial charge in [0.15, 0.2) is 4.34 Å². The second kappa shape index (κ2) is 5.14. The zero-order chi connectivity index (χ0) is 11.5. The zero-order valence-corrected chi connectivity index (χ0v) is 10.8. The van der Waals surface area contributed by atoms with Crippen LogP contribution in [0.15, 0.2) is 33.8 Å². The van der Waals surface area contributed by atoms with Crippen molar-refractivity contribution in [3.05, 3.63) is 35.1 Å². The van der Waals surface area contributed by atoms with Gasteiger partial charge < -0.3 is 5.11 Å². The molecule has 6 heteroatoms. The maximum absolute atomic E-state index is 9.41. The molecule has 0 saturated heterocycles. The molecule has 0 saturated carbocycles. The van der Waals surface area contributed by atoms with Crippen molar-refractivity contribution in [2.45, 2.75) is 22.3 Å². The van der Waals surface area contributed by atoms with E-state index in [9.17, 15) is 5.11 Å². The molecule has 1 heterocycles. The second-order valence-electron chi connectivity index (χ2n) is 3.18. The minimum absolute atomic E-state index is 0.502. The summed E-state index contributed by atoms with van der Waals surface area (Å²) < 4.78 is 4.77. The quantitative estimate of drug-likeness (QED) is 0.930. The van der Waals surface area contributed by atoms with Crippen molar-refractivity contribution in [3.8, 4) is 0 Å². The highest BCUT2D eigenvalue weighted by atomic mass is 35.5. The van der Waals surface area contributed by atoms with Crippen LogP contribution in [0.5, 0.6) is 0 Å². The first-order valence-electron chi connectivity index (χ1n) is 4.59. The number of aliphatic hydroxyl groups excluding tert-OH is 1. The van der Waals surface area contributed by atoms with Gasteiger partial charge in [-0.3, -0.25) is 0 Å². The highest BCUT2D eigenvalue weighted by molar-refractivity contribution is 8.01. The maximum atomic E-state index is 9.41. The van der Waals surface area contributed by atoms with E-state index in [0.717, 1.165) is 14.8 Å². The van der Waals surface area contributed by atoms with Crippen molar-refractivity contribution in [2.24, 2.45) is 0 Å². The molecule has 0 aliphatic rings. The molecule has 1 aromatic carbocycles. The average Bonchev–Trinajstić information content (AvgIpc) is 2.73. The number of hydrogen-bond acceptors (Lipinski definition) is 5. The van der Waals surface area contributed by atoms with Gasteiger partial charge >= 0.3 is 0 Å². The molecule has 0 aliphatic heterocycles. The van der Waals surface area contributed by atoms with E-state index in [4.69, 9.17) is 11.6 Å². The van der Waals surface area contributed by atoms with Crippen molar-refractivity contribution >= 4 is 34.9 Å². The van der Waals surface area contributed by atoms with E-state index >= 15 is 0 Å². The Balaban J connectivity index is 2.23. The number of benzene rings is 1. The molecular formula is C10H9ClN2OS2. The number of nitrogens with zero attached hydrogens (tertiary/aromatic N) is 2. The van der Waals surface area contributed by atoms with E-state index in [1.807, 2.05) is 12.1 Å². The normalized spacial score (nSPS) is 12.7. The lowest BCUT2D eigenvalue weighted by atomic mass is 10.1. The van der Waals surface area contributed by atoms with E-state index in [2.05, 4.69) is 9.36 Å². The Bertz CT molecular complexity index is 474. The monoisotopic (exact) mass is 272 g/mol. The Morgan fingerprint density at radius 1 is 1.50 bits per heavy atom. The lowest BCUT2D eigenvalue weighted by Crippen LogP contribution is -1.90. The topological polar surface area (TPSA) is 46.0 Å². The van der Waals surface area contributed by atoms with Gasteiger partial charge in [-0.05, 0) is 36.2 Å². The Morgan fingerprint density at radius 3 is 2.88 bits per heavy atom. The van der Waals surface area contributed by atoms with Crippen LogP contribution in [0, 0.1) is 0 Å². The summed E-state index contributed by atoms with van der Waals surface area (Å²) in [5.74, 6) is 0. The van der Waals surface area contributed by atoms with Crippen molar-refractivity contribution in [3.63, 3.8) is 0 Å². The number of aliphatic hydroxyl groups is 1. The van der Waals surface area contributed by atoms with Crippen LogP contribution < -0.4 is 0 Å². The first-order chi connectivity index (χ1) is 7.66. The van der Waals surface area contributed by atoms with E-state index in [1.165, 1.54) is 29.6 Å². The van der Waals surface area contributed by atoms with Crippen LogP contribution in [0.4, 0.5) is 0 Å². The molecule has 0 spiro atoms. The maximum Gasteiger partial charge on any atom is 0.174 e. The lowest BCUT2D eigenvalue weighted by molar-refractivity contribution is 0.199. The fourth-order valence-electron chi connectivity index (χ4n) is 1.16. The summed E-state index contributed by atoms with van der Waals surface area (Å²) in [4.78, 5) is 4.99. The molecular weight excluding hydrogens is 264 g/mol. The Morgan fingerprint density at radius 2 is 2.31 bits per heavy atom. The van der Waals surface area contributed by atoms with Crippen LogP contribution in [0.1, 0.15) is 18.6 Å². The van der Waals surface area contributed by atoms with Crippen molar-refractivity contribution in [1.82, 2.24) is 9.36 Å². The molecule has 1 aromatic heterocycles. The summed E-state index contributed by atoms with van der Waals surface area (Å²) >= 11 is 8.92. The number of rotatable bonds is 3.